The number of carbonyl (C=O) groups excluding carboxylic acids is 1. The lowest BCUT2D eigenvalue weighted by Gasteiger charge is -2.63. The Labute approximate surface area is 209 Å². The molecule has 4 saturated carbocycles. The first-order valence-corrected chi connectivity index (χ1v) is 17.0. The third-order valence-electron chi connectivity index (χ3n) is 12.0. The first-order chi connectivity index (χ1) is 15.5. The van der Waals surface area contributed by atoms with Crippen molar-refractivity contribution in [3.63, 3.8) is 0 Å². The zero-order chi connectivity index (χ0) is 25.1. The summed E-state index contributed by atoms with van der Waals surface area (Å²) in [5.74, 6) is 1.17. The topological polar surface area (TPSA) is 44.8 Å². The number of hydrogen-bond donors (Lipinski definition) is 0. The van der Waals surface area contributed by atoms with Gasteiger partial charge >= 0.3 is 0 Å². The van der Waals surface area contributed by atoms with Crippen molar-refractivity contribution in [2.45, 2.75) is 136 Å². The highest BCUT2D eigenvalue weighted by Gasteiger charge is 2.72. The van der Waals surface area contributed by atoms with E-state index in [0.29, 0.717) is 17.6 Å². The summed E-state index contributed by atoms with van der Waals surface area (Å²) in [5.41, 5.74) is -0.106. The Kier molecular flexibility index (Phi) is 5.72. The van der Waals surface area contributed by atoms with E-state index in [0.717, 1.165) is 19.3 Å². The molecule has 4 aliphatic carbocycles. The molecule has 5 fully saturated rings. The van der Waals surface area contributed by atoms with Crippen LogP contribution in [0.25, 0.3) is 0 Å². The molecule has 1 aliphatic heterocycles. The van der Waals surface area contributed by atoms with Crippen molar-refractivity contribution in [1.29, 1.82) is 0 Å². The molecule has 0 aromatic rings. The van der Waals surface area contributed by atoms with E-state index in [4.69, 9.17) is 13.9 Å². The first kappa shape index (κ1) is 25.4. The zero-order valence-corrected chi connectivity index (χ0v) is 24.5. The second kappa shape index (κ2) is 7.64. The van der Waals surface area contributed by atoms with Crippen LogP contribution >= 0.6 is 0 Å². The largest absolute Gasteiger partial charge is 0.413 e. The van der Waals surface area contributed by atoms with Crippen LogP contribution in [0.3, 0.4) is 0 Å². The summed E-state index contributed by atoms with van der Waals surface area (Å²) in [6.07, 6.45) is 7.31. The second-order valence-corrected chi connectivity index (χ2v) is 19.8. The Hall–Kier alpha value is -0.233. The van der Waals surface area contributed by atoms with Gasteiger partial charge < -0.3 is 13.9 Å². The second-order valence-electron chi connectivity index (χ2n) is 15.0. The molecule has 5 heteroatoms. The summed E-state index contributed by atoms with van der Waals surface area (Å²) in [7, 11) is -1.95. The SMILES string of the molecule is CC1C(=O)C2C(C3CC[C@H](O[Si](C)(C)C(C)(C)C)[C@@]13C)[C@H]1OC(C)(C)O[C@@H]1C1CCCC[C@]21C. The maximum Gasteiger partial charge on any atom is 0.192 e. The van der Waals surface area contributed by atoms with E-state index in [9.17, 15) is 4.79 Å². The van der Waals surface area contributed by atoms with Crippen molar-refractivity contribution in [2.24, 2.45) is 40.4 Å². The molecule has 0 N–H and O–H groups in total. The minimum absolute atomic E-state index is 0.0267. The number of Topliss-reactive ketones (excluding diaryl/α,β-unsaturated/α-hetero) is 1. The fourth-order valence-electron chi connectivity index (χ4n) is 9.04. The van der Waals surface area contributed by atoms with Crippen molar-refractivity contribution >= 4 is 14.1 Å². The van der Waals surface area contributed by atoms with Gasteiger partial charge in [-0.2, -0.15) is 0 Å². The molecule has 34 heavy (non-hydrogen) atoms. The predicted octanol–water partition coefficient (Wildman–Crippen LogP) is 6.97. The highest BCUT2D eigenvalue weighted by Crippen LogP contribution is 2.69. The molecule has 5 aliphatic rings. The van der Waals surface area contributed by atoms with Crippen LogP contribution in [0.4, 0.5) is 0 Å². The number of rotatable bonds is 2. The third kappa shape index (κ3) is 3.35. The fourth-order valence-corrected chi connectivity index (χ4v) is 10.5. The normalized spacial score (nSPS) is 50.4. The van der Waals surface area contributed by atoms with Gasteiger partial charge in [0.2, 0.25) is 0 Å². The molecule has 0 aromatic heterocycles. The Morgan fingerprint density at radius 1 is 0.941 bits per heavy atom. The molecule has 0 radical (unpaired) electrons. The van der Waals surface area contributed by atoms with Gasteiger partial charge in [-0.25, -0.2) is 0 Å². The van der Waals surface area contributed by atoms with E-state index < -0.39 is 14.1 Å². The highest BCUT2D eigenvalue weighted by molar-refractivity contribution is 6.74. The van der Waals surface area contributed by atoms with Crippen molar-refractivity contribution in [1.82, 2.24) is 0 Å². The average Bonchev–Trinajstić information content (AvgIpc) is 3.21. The number of carbonyl (C=O) groups is 1. The average molecular weight is 491 g/mol. The highest BCUT2D eigenvalue weighted by atomic mass is 28.4. The van der Waals surface area contributed by atoms with Gasteiger partial charge in [-0.3, -0.25) is 4.79 Å². The van der Waals surface area contributed by atoms with Gasteiger partial charge in [-0.15, -0.1) is 0 Å². The molecule has 0 aromatic carbocycles. The number of ether oxygens (including phenoxy) is 2. The molecule has 5 rings (SSSR count). The Balaban J connectivity index is 1.57. The zero-order valence-electron chi connectivity index (χ0n) is 23.5. The molecular weight excluding hydrogens is 440 g/mol. The van der Waals surface area contributed by atoms with Crippen molar-refractivity contribution in [2.75, 3.05) is 0 Å². The maximum absolute atomic E-state index is 14.5. The van der Waals surface area contributed by atoms with E-state index >= 15 is 0 Å². The summed E-state index contributed by atoms with van der Waals surface area (Å²) in [4.78, 5) is 14.5. The molecule has 0 bridgehead atoms. The summed E-state index contributed by atoms with van der Waals surface area (Å²) in [6.45, 7) is 22.9. The lowest BCUT2D eigenvalue weighted by atomic mass is 9.42. The quantitative estimate of drug-likeness (QED) is 0.392. The summed E-state index contributed by atoms with van der Waals surface area (Å²) in [5, 5.41) is 0.164. The standard InChI is InChI=1S/C29H50O4Si/c1-17-23(30)22-21(18-14-15-20(29(17,18)8)33-34(9,10)26(2,3)4)25-24(31-27(5,6)32-25)19-13-11-12-16-28(19,22)7/h17-22,24-25H,11-16H2,1-10H3/t17?,18?,19?,20-,21?,22?,24+,25+,28-,29-/m0/s1. The van der Waals surface area contributed by atoms with Crippen LogP contribution in [-0.2, 0) is 18.7 Å². The number of fused-ring (bicyclic) bond motifs is 8. The van der Waals surface area contributed by atoms with E-state index in [1.165, 1.54) is 19.3 Å². The Bertz CT molecular complexity index is 846. The van der Waals surface area contributed by atoms with Gasteiger partial charge in [-0.1, -0.05) is 54.4 Å². The molecule has 0 amide bonds. The van der Waals surface area contributed by atoms with Crippen LogP contribution in [0.15, 0.2) is 0 Å². The number of hydrogen-bond acceptors (Lipinski definition) is 4. The number of ketones is 1. The monoisotopic (exact) mass is 490 g/mol. The van der Waals surface area contributed by atoms with Crippen molar-refractivity contribution < 1.29 is 18.7 Å². The summed E-state index contributed by atoms with van der Waals surface area (Å²) < 4.78 is 20.5. The minimum atomic E-state index is -1.95. The fraction of sp³-hybridized carbons (Fsp3) is 0.966. The lowest BCUT2D eigenvalue weighted by Crippen LogP contribution is -2.67. The summed E-state index contributed by atoms with van der Waals surface area (Å²) in [6, 6.07) is 0. The predicted molar refractivity (Wildman–Crippen MR) is 138 cm³/mol. The van der Waals surface area contributed by atoms with E-state index in [1.54, 1.807) is 0 Å². The molecule has 1 heterocycles. The molecule has 0 spiro atoms. The molecule has 5 unspecified atom stereocenters. The van der Waals surface area contributed by atoms with Gasteiger partial charge in [-0.05, 0) is 74.9 Å². The molecule has 1 saturated heterocycles. The van der Waals surface area contributed by atoms with E-state index in [-0.39, 0.29) is 51.9 Å². The van der Waals surface area contributed by atoms with Crippen LogP contribution in [0.1, 0.15) is 93.9 Å². The van der Waals surface area contributed by atoms with Gasteiger partial charge in [0.1, 0.15) is 5.78 Å². The van der Waals surface area contributed by atoms with Crippen LogP contribution in [0, 0.1) is 40.4 Å². The maximum atomic E-state index is 14.5. The lowest BCUT2D eigenvalue weighted by molar-refractivity contribution is -0.198. The van der Waals surface area contributed by atoms with Crippen LogP contribution in [0.5, 0.6) is 0 Å². The third-order valence-corrected chi connectivity index (χ3v) is 16.5. The van der Waals surface area contributed by atoms with Gasteiger partial charge in [0.25, 0.3) is 0 Å². The molecule has 4 nitrogen and oxygen atoms in total. The van der Waals surface area contributed by atoms with Gasteiger partial charge in [0.05, 0.1) is 18.3 Å². The minimum Gasteiger partial charge on any atom is -0.413 e. The summed E-state index contributed by atoms with van der Waals surface area (Å²) >= 11 is 0. The van der Waals surface area contributed by atoms with Crippen LogP contribution in [-0.4, -0.2) is 38.2 Å². The van der Waals surface area contributed by atoms with E-state index in [1.807, 2.05) is 0 Å². The van der Waals surface area contributed by atoms with Crippen molar-refractivity contribution in [3.05, 3.63) is 0 Å². The molecular formula is C29H50O4Si. The first-order valence-electron chi connectivity index (χ1n) is 14.1. The molecule has 10 atom stereocenters. The van der Waals surface area contributed by atoms with Crippen LogP contribution < -0.4 is 0 Å². The Morgan fingerprint density at radius 3 is 2.24 bits per heavy atom. The van der Waals surface area contributed by atoms with Crippen molar-refractivity contribution in [3.8, 4) is 0 Å². The Morgan fingerprint density at radius 2 is 1.59 bits per heavy atom. The van der Waals surface area contributed by atoms with E-state index in [2.05, 4.69) is 68.5 Å². The smallest absolute Gasteiger partial charge is 0.192 e. The van der Waals surface area contributed by atoms with Gasteiger partial charge in [0.15, 0.2) is 14.1 Å². The van der Waals surface area contributed by atoms with Gasteiger partial charge in [0, 0.05) is 23.2 Å². The molecule has 194 valence electrons. The van der Waals surface area contributed by atoms with Crippen LogP contribution in [0.2, 0.25) is 18.1 Å².